The van der Waals surface area contributed by atoms with Crippen molar-refractivity contribution in [1.29, 1.82) is 0 Å². The van der Waals surface area contributed by atoms with E-state index in [0.717, 1.165) is 25.1 Å². The predicted octanol–water partition coefficient (Wildman–Crippen LogP) is 2.73. The van der Waals surface area contributed by atoms with E-state index < -0.39 is 10.8 Å². The number of hydrogen-bond donors (Lipinski definition) is 1. The Bertz CT molecular complexity index is 615. The second kappa shape index (κ2) is 8.29. The first-order valence-electron chi connectivity index (χ1n) is 9.30. The molecule has 3 atom stereocenters. The maximum atomic E-state index is 12.5. The van der Waals surface area contributed by atoms with Gasteiger partial charge in [0.2, 0.25) is 5.89 Å². The SMILES string of the molecule is C[C@H](NC(=O)N1CC[C@@H](C)[S@@](=O)CC1)c1nc(C2CCCCC2)no1. The number of carbonyl (C=O) groups excluding carboxylic acids is 1. The van der Waals surface area contributed by atoms with Crippen LogP contribution in [0, 0.1) is 0 Å². The van der Waals surface area contributed by atoms with Crippen LogP contribution in [0.5, 0.6) is 0 Å². The van der Waals surface area contributed by atoms with Gasteiger partial charge >= 0.3 is 6.03 Å². The van der Waals surface area contributed by atoms with E-state index >= 15 is 0 Å². The summed E-state index contributed by atoms with van der Waals surface area (Å²) in [5, 5.41) is 7.20. The third-order valence-corrected chi connectivity index (χ3v) is 6.96. The van der Waals surface area contributed by atoms with Gasteiger partial charge in [-0.3, -0.25) is 4.21 Å². The lowest BCUT2D eigenvalue weighted by molar-refractivity contribution is 0.195. The summed E-state index contributed by atoms with van der Waals surface area (Å²) in [6, 6.07) is -0.487. The molecule has 1 saturated heterocycles. The molecule has 25 heavy (non-hydrogen) atoms. The number of hydrogen-bond acceptors (Lipinski definition) is 5. The molecule has 2 heterocycles. The molecule has 1 aliphatic carbocycles. The van der Waals surface area contributed by atoms with Crippen LogP contribution in [0.3, 0.4) is 0 Å². The molecule has 1 N–H and O–H groups in total. The van der Waals surface area contributed by atoms with Gasteiger partial charge in [-0.15, -0.1) is 0 Å². The minimum absolute atomic E-state index is 0.143. The van der Waals surface area contributed by atoms with Crippen LogP contribution < -0.4 is 5.32 Å². The van der Waals surface area contributed by atoms with E-state index in [1.807, 2.05) is 13.8 Å². The maximum Gasteiger partial charge on any atom is 0.318 e. The standard InChI is InChI=1S/C17H28N4O3S/c1-12-8-9-21(10-11-25(12)23)17(22)18-13(2)16-19-15(20-24-16)14-6-4-3-5-7-14/h12-14H,3-11H2,1-2H3,(H,18,22)/t12-,13+,25+/m1/s1. The smallest absolute Gasteiger partial charge is 0.318 e. The zero-order valence-electron chi connectivity index (χ0n) is 15.1. The van der Waals surface area contributed by atoms with Crippen molar-refractivity contribution in [2.75, 3.05) is 18.8 Å². The molecular formula is C17H28N4O3S. The van der Waals surface area contributed by atoms with Gasteiger partial charge in [-0.05, 0) is 26.2 Å². The molecule has 8 heteroatoms. The van der Waals surface area contributed by atoms with Crippen molar-refractivity contribution in [2.24, 2.45) is 0 Å². The molecule has 1 saturated carbocycles. The van der Waals surface area contributed by atoms with Gasteiger partial charge in [-0.2, -0.15) is 4.98 Å². The van der Waals surface area contributed by atoms with Crippen molar-refractivity contribution in [3.05, 3.63) is 11.7 Å². The molecule has 2 amide bonds. The maximum absolute atomic E-state index is 12.5. The summed E-state index contributed by atoms with van der Waals surface area (Å²) >= 11 is 0. The van der Waals surface area contributed by atoms with Gasteiger partial charge in [0.25, 0.3) is 0 Å². The highest BCUT2D eigenvalue weighted by Gasteiger charge is 2.26. The molecule has 140 valence electrons. The van der Waals surface area contributed by atoms with E-state index in [-0.39, 0.29) is 17.3 Å². The summed E-state index contributed by atoms with van der Waals surface area (Å²) in [5.74, 6) is 2.15. The minimum Gasteiger partial charge on any atom is -0.337 e. The molecule has 2 aliphatic rings. The largest absolute Gasteiger partial charge is 0.337 e. The van der Waals surface area contributed by atoms with Crippen LogP contribution in [0.1, 0.15) is 76.0 Å². The van der Waals surface area contributed by atoms with E-state index in [1.54, 1.807) is 4.90 Å². The third kappa shape index (κ3) is 4.59. The van der Waals surface area contributed by atoms with E-state index in [2.05, 4.69) is 15.5 Å². The monoisotopic (exact) mass is 368 g/mol. The van der Waals surface area contributed by atoms with Gasteiger partial charge in [0, 0.05) is 40.8 Å². The molecular weight excluding hydrogens is 340 g/mol. The van der Waals surface area contributed by atoms with Gasteiger partial charge in [-0.25, -0.2) is 4.79 Å². The first kappa shape index (κ1) is 18.4. The van der Waals surface area contributed by atoms with Gasteiger partial charge in [-0.1, -0.05) is 31.3 Å². The number of carbonyl (C=O) groups is 1. The van der Waals surface area contributed by atoms with E-state index in [0.29, 0.717) is 30.7 Å². The summed E-state index contributed by atoms with van der Waals surface area (Å²) in [7, 11) is -0.850. The number of nitrogens with zero attached hydrogens (tertiary/aromatic N) is 3. The van der Waals surface area contributed by atoms with Crippen molar-refractivity contribution in [2.45, 2.75) is 69.6 Å². The van der Waals surface area contributed by atoms with Gasteiger partial charge < -0.3 is 14.7 Å². The van der Waals surface area contributed by atoms with Crippen molar-refractivity contribution in [3.63, 3.8) is 0 Å². The Labute approximate surface area is 151 Å². The number of aromatic nitrogens is 2. The first-order chi connectivity index (χ1) is 12.0. The Morgan fingerprint density at radius 1 is 1.28 bits per heavy atom. The molecule has 0 spiro atoms. The molecule has 1 aliphatic heterocycles. The lowest BCUT2D eigenvalue weighted by Crippen LogP contribution is -2.42. The molecule has 0 aromatic carbocycles. The number of nitrogens with one attached hydrogen (secondary N) is 1. The molecule has 1 aromatic rings. The van der Waals surface area contributed by atoms with Crippen LogP contribution in [-0.4, -0.2) is 49.4 Å². The third-order valence-electron chi connectivity index (χ3n) is 5.24. The summed E-state index contributed by atoms with van der Waals surface area (Å²) < 4.78 is 17.3. The second-order valence-corrected chi connectivity index (χ2v) is 9.14. The normalized spacial score (nSPS) is 26.9. The predicted molar refractivity (Wildman–Crippen MR) is 95.7 cm³/mol. The van der Waals surface area contributed by atoms with Crippen LogP contribution in [0.15, 0.2) is 4.52 Å². The van der Waals surface area contributed by atoms with E-state index in [1.165, 1.54) is 19.3 Å². The highest BCUT2D eigenvalue weighted by molar-refractivity contribution is 7.85. The molecule has 0 unspecified atom stereocenters. The zero-order chi connectivity index (χ0) is 17.8. The number of amides is 2. The van der Waals surface area contributed by atoms with E-state index in [4.69, 9.17) is 4.52 Å². The van der Waals surface area contributed by atoms with Gasteiger partial charge in [0.05, 0.1) is 0 Å². The average Bonchev–Trinajstić information content (AvgIpc) is 3.05. The van der Waals surface area contributed by atoms with Crippen molar-refractivity contribution >= 4 is 16.8 Å². The van der Waals surface area contributed by atoms with Crippen LogP contribution in [-0.2, 0) is 10.8 Å². The average molecular weight is 369 g/mol. The van der Waals surface area contributed by atoms with Crippen LogP contribution in [0.4, 0.5) is 4.79 Å². The molecule has 7 nitrogen and oxygen atoms in total. The Balaban J connectivity index is 1.56. The Hall–Kier alpha value is -1.44. The molecule has 1 aromatic heterocycles. The fourth-order valence-corrected chi connectivity index (χ4v) is 4.64. The fraction of sp³-hybridized carbons (Fsp3) is 0.824. The van der Waals surface area contributed by atoms with Crippen LogP contribution >= 0.6 is 0 Å². The number of urea groups is 1. The molecule has 0 bridgehead atoms. The zero-order valence-corrected chi connectivity index (χ0v) is 15.9. The molecule has 0 radical (unpaired) electrons. The first-order valence-corrected chi connectivity index (χ1v) is 10.7. The van der Waals surface area contributed by atoms with Crippen molar-refractivity contribution < 1.29 is 13.5 Å². The summed E-state index contributed by atoms with van der Waals surface area (Å²) in [6.45, 7) is 4.98. The Morgan fingerprint density at radius 2 is 2.04 bits per heavy atom. The lowest BCUT2D eigenvalue weighted by Gasteiger charge is -2.22. The van der Waals surface area contributed by atoms with Gasteiger partial charge in [0.1, 0.15) is 6.04 Å². The highest BCUT2D eigenvalue weighted by Crippen LogP contribution is 2.31. The van der Waals surface area contributed by atoms with Crippen LogP contribution in [0.2, 0.25) is 0 Å². The Morgan fingerprint density at radius 3 is 2.80 bits per heavy atom. The highest BCUT2D eigenvalue weighted by atomic mass is 32.2. The molecule has 2 fully saturated rings. The van der Waals surface area contributed by atoms with Crippen molar-refractivity contribution in [3.8, 4) is 0 Å². The second-order valence-electron chi connectivity index (χ2n) is 7.17. The van der Waals surface area contributed by atoms with Gasteiger partial charge in [0.15, 0.2) is 5.82 Å². The Kier molecular flexibility index (Phi) is 6.09. The minimum atomic E-state index is -0.850. The van der Waals surface area contributed by atoms with Crippen molar-refractivity contribution in [1.82, 2.24) is 20.4 Å². The number of rotatable bonds is 3. The topological polar surface area (TPSA) is 88.3 Å². The van der Waals surface area contributed by atoms with E-state index in [9.17, 15) is 9.00 Å². The van der Waals surface area contributed by atoms with Crippen LogP contribution in [0.25, 0.3) is 0 Å². The molecule has 3 rings (SSSR count). The summed E-state index contributed by atoms with van der Waals surface area (Å²) in [6.07, 6.45) is 6.71. The summed E-state index contributed by atoms with van der Waals surface area (Å²) in [4.78, 5) is 18.7. The summed E-state index contributed by atoms with van der Waals surface area (Å²) in [5.41, 5.74) is 0. The quantitative estimate of drug-likeness (QED) is 0.886. The fourth-order valence-electron chi connectivity index (χ4n) is 3.47. The lowest BCUT2D eigenvalue weighted by atomic mass is 9.89.